The zero-order valence-electron chi connectivity index (χ0n) is 22.9. The molecule has 0 heterocycles. The second-order valence-electron chi connectivity index (χ2n) is 9.09. The van der Waals surface area contributed by atoms with E-state index in [0.717, 1.165) is 19.3 Å². The Morgan fingerprint density at radius 3 is 1.93 bits per heavy atom. The van der Waals surface area contributed by atoms with E-state index in [1.165, 1.54) is 45.6 Å². The Balaban J connectivity index is 1.77. The fourth-order valence-corrected chi connectivity index (χ4v) is 4.32. The van der Waals surface area contributed by atoms with Crippen LogP contribution in [-0.4, -0.2) is 85.6 Å². The number of hydrogen-bond acceptors (Lipinski definition) is 12. The summed E-state index contributed by atoms with van der Waals surface area (Å²) in [5.41, 5.74) is -1.16. The molecule has 0 aromatic heterocycles. The minimum absolute atomic E-state index is 0.138. The number of aromatic hydroxyl groups is 1. The van der Waals surface area contributed by atoms with Gasteiger partial charge in [-0.25, -0.2) is 14.4 Å². The van der Waals surface area contributed by atoms with Gasteiger partial charge in [-0.15, -0.1) is 0 Å². The number of methoxy groups -OCH3 is 4. The molecule has 0 spiro atoms. The predicted octanol–water partition coefficient (Wildman–Crippen LogP) is 2.03. The van der Waals surface area contributed by atoms with E-state index in [9.17, 15) is 29.7 Å². The van der Waals surface area contributed by atoms with Gasteiger partial charge in [-0.2, -0.15) is 0 Å². The molecule has 0 unspecified atom stereocenters. The highest BCUT2D eigenvalue weighted by Crippen LogP contribution is 2.34. The van der Waals surface area contributed by atoms with E-state index >= 15 is 0 Å². The fourth-order valence-electron chi connectivity index (χ4n) is 4.32. The zero-order chi connectivity index (χ0) is 30.2. The van der Waals surface area contributed by atoms with E-state index in [4.69, 9.17) is 23.7 Å². The van der Waals surface area contributed by atoms with Crippen molar-refractivity contribution in [2.45, 2.75) is 36.8 Å². The van der Waals surface area contributed by atoms with E-state index in [-0.39, 0.29) is 11.5 Å². The molecule has 1 saturated carbocycles. The molecule has 2 aromatic rings. The maximum Gasteiger partial charge on any atom is 0.338 e. The molecule has 0 radical (unpaired) electrons. The maximum atomic E-state index is 12.7. The average molecular weight is 573 g/mol. The number of phenolic OH excluding ortho intramolecular Hbond substituents is 1. The number of aliphatic hydroxyl groups excluding tert-OH is 1. The summed E-state index contributed by atoms with van der Waals surface area (Å²) in [5.74, 6) is -1.80. The third kappa shape index (κ3) is 7.77. The van der Waals surface area contributed by atoms with Gasteiger partial charge < -0.3 is 43.7 Å². The number of aliphatic hydroxyl groups is 2. The minimum Gasteiger partial charge on any atom is -0.504 e. The molecule has 41 heavy (non-hydrogen) atoms. The van der Waals surface area contributed by atoms with Gasteiger partial charge in [0.2, 0.25) is 0 Å². The van der Waals surface area contributed by atoms with Gasteiger partial charge in [0.25, 0.3) is 0 Å². The van der Waals surface area contributed by atoms with Crippen molar-refractivity contribution in [1.82, 2.24) is 0 Å². The highest BCUT2D eigenvalue weighted by atomic mass is 16.6. The number of ether oxygens (including phenoxy) is 6. The molecule has 0 amide bonds. The van der Waals surface area contributed by atoms with E-state index in [1.54, 1.807) is 24.3 Å². The van der Waals surface area contributed by atoms with E-state index in [1.807, 2.05) is 0 Å². The number of carbonyl (C=O) groups is 3. The topological polar surface area (TPSA) is 167 Å². The van der Waals surface area contributed by atoms with Crippen LogP contribution in [0.15, 0.2) is 48.6 Å². The first-order valence-corrected chi connectivity index (χ1v) is 12.4. The van der Waals surface area contributed by atoms with Gasteiger partial charge in [0.05, 0.1) is 34.5 Å². The van der Waals surface area contributed by atoms with Crippen LogP contribution in [0.4, 0.5) is 0 Å². The van der Waals surface area contributed by atoms with E-state index < -0.39 is 54.7 Å². The van der Waals surface area contributed by atoms with Crippen LogP contribution < -0.4 is 14.2 Å². The first-order valence-electron chi connectivity index (χ1n) is 12.4. The Labute approximate surface area is 236 Å². The van der Waals surface area contributed by atoms with Crippen molar-refractivity contribution in [1.29, 1.82) is 0 Å². The lowest BCUT2D eigenvalue weighted by Crippen LogP contribution is -2.58. The number of benzene rings is 2. The predicted molar refractivity (Wildman–Crippen MR) is 144 cm³/mol. The second kappa shape index (κ2) is 13.7. The average Bonchev–Trinajstić information content (AvgIpc) is 2.96. The standard InChI is InChI=1S/C29H32O12/c1-36-21-9-5-17(13-19(21)30)7-12-26(33)41-27-20(31)15-29(35,28(34)39-4)16-24(27)40-25(32)11-8-18-6-10-22(37-2)23(14-18)38-3/h5-14,20,24,27,30-31,35H,15-16H2,1-4H3/b11-8+,12-7+/t20-,24-,27-,29+/m1/s1. The molecule has 12 heteroatoms. The Kier molecular flexibility index (Phi) is 10.3. The van der Waals surface area contributed by atoms with Gasteiger partial charge in [0.15, 0.2) is 34.7 Å². The molecule has 1 fully saturated rings. The van der Waals surface area contributed by atoms with Gasteiger partial charge in [0.1, 0.15) is 6.10 Å². The van der Waals surface area contributed by atoms with Crippen LogP contribution in [0.25, 0.3) is 12.2 Å². The molecule has 3 rings (SSSR count). The number of rotatable bonds is 10. The van der Waals surface area contributed by atoms with Gasteiger partial charge >= 0.3 is 17.9 Å². The zero-order valence-corrected chi connectivity index (χ0v) is 22.9. The van der Waals surface area contributed by atoms with Crippen LogP contribution >= 0.6 is 0 Å². The molecule has 12 nitrogen and oxygen atoms in total. The van der Waals surface area contributed by atoms with Gasteiger partial charge in [-0.3, -0.25) is 0 Å². The largest absolute Gasteiger partial charge is 0.504 e. The number of esters is 3. The molecular weight excluding hydrogens is 540 g/mol. The summed E-state index contributed by atoms with van der Waals surface area (Å²) in [6.07, 6.45) is -0.503. The van der Waals surface area contributed by atoms with Crippen LogP contribution in [0.2, 0.25) is 0 Å². The first kappa shape index (κ1) is 31.0. The van der Waals surface area contributed by atoms with Crippen LogP contribution in [0.5, 0.6) is 23.0 Å². The van der Waals surface area contributed by atoms with Crippen molar-refractivity contribution in [3.63, 3.8) is 0 Å². The Bertz CT molecular complexity index is 1320. The summed E-state index contributed by atoms with van der Waals surface area (Å²) < 4.78 is 30.9. The van der Waals surface area contributed by atoms with Gasteiger partial charge in [0, 0.05) is 25.0 Å². The molecule has 0 bridgehead atoms. The third-order valence-corrected chi connectivity index (χ3v) is 6.35. The van der Waals surface area contributed by atoms with Crippen molar-refractivity contribution >= 4 is 30.1 Å². The summed E-state index contributed by atoms with van der Waals surface area (Å²) >= 11 is 0. The highest BCUT2D eigenvalue weighted by molar-refractivity contribution is 5.88. The molecule has 220 valence electrons. The molecule has 2 aromatic carbocycles. The smallest absolute Gasteiger partial charge is 0.338 e. The van der Waals surface area contributed by atoms with Gasteiger partial charge in [-0.05, 0) is 47.5 Å². The quantitative estimate of drug-likeness (QED) is 0.216. The minimum atomic E-state index is -2.19. The van der Waals surface area contributed by atoms with Crippen LogP contribution in [0, 0.1) is 0 Å². The summed E-state index contributed by atoms with van der Waals surface area (Å²) in [4.78, 5) is 37.6. The normalized spacial score (nSPS) is 22.2. The molecular formula is C29H32O12. The molecule has 0 aliphatic heterocycles. The van der Waals surface area contributed by atoms with E-state index in [2.05, 4.69) is 4.74 Å². The Hall–Kier alpha value is -4.55. The van der Waals surface area contributed by atoms with Crippen molar-refractivity contribution in [2.75, 3.05) is 28.4 Å². The Morgan fingerprint density at radius 2 is 1.37 bits per heavy atom. The molecule has 0 saturated heterocycles. The summed E-state index contributed by atoms with van der Waals surface area (Å²) in [6.45, 7) is 0. The lowest BCUT2D eigenvalue weighted by atomic mass is 9.79. The van der Waals surface area contributed by atoms with Crippen LogP contribution in [0.1, 0.15) is 24.0 Å². The second-order valence-corrected chi connectivity index (χ2v) is 9.09. The maximum absolute atomic E-state index is 12.7. The first-order chi connectivity index (χ1) is 19.5. The van der Waals surface area contributed by atoms with Gasteiger partial charge in [-0.1, -0.05) is 12.1 Å². The van der Waals surface area contributed by atoms with Crippen molar-refractivity contribution < 1.29 is 58.1 Å². The summed E-state index contributed by atoms with van der Waals surface area (Å²) in [7, 11) is 5.41. The Morgan fingerprint density at radius 1 is 0.805 bits per heavy atom. The summed E-state index contributed by atoms with van der Waals surface area (Å²) in [5, 5.41) is 31.5. The van der Waals surface area contributed by atoms with E-state index in [0.29, 0.717) is 22.6 Å². The third-order valence-electron chi connectivity index (χ3n) is 6.35. The SMILES string of the molecule is COC(=O)[C@]1(O)C[C@@H](O)[C@@H](OC(=O)/C=C/c2ccc(OC)c(O)c2)[C@H](OC(=O)/C=C/c2ccc(OC)c(OC)c2)C1. The lowest BCUT2D eigenvalue weighted by Gasteiger charge is -2.41. The molecule has 3 N–H and O–H groups in total. The number of phenols is 1. The monoisotopic (exact) mass is 572 g/mol. The van der Waals surface area contributed by atoms with Crippen molar-refractivity contribution in [2.24, 2.45) is 0 Å². The van der Waals surface area contributed by atoms with Crippen LogP contribution in [0.3, 0.4) is 0 Å². The van der Waals surface area contributed by atoms with Crippen molar-refractivity contribution in [3.8, 4) is 23.0 Å². The van der Waals surface area contributed by atoms with Crippen molar-refractivity contribution in [3.05, 3.63) is 59.7 Å². The van der Waals surface area contributed by atoms with Crippen LogP contribution in [-0.2, 0) is 28.6 Å². The highest BCUT2D eigenvalue weighted by Gasteiger charge is 2.52. The fraction of sp³-hybridized carbons (Fsp3) is 0.345. The molecule has 1 aliphatic rings. The molecule has 1 aliphatic carbocycles. The summed E-state index contributed by atoms with van der Waals surface area (Å²) in [6, 6.07) is 9.40. The number of carbonyl (C=O) groups excluding carboxylic acids is 3. The molecule has 4 atom stereocenters. The lowest BCUT2D eigenvalue weighted by molar-refractivity contribution is -0.206. The number of hydrogen-bond donors (Lipinski definition) is 3.